The third kappa shape index (κ3) is 6.47. The van der Waals surface area contributed by atoms with E-state index in [4.69, 9.17) is 4.74 Å². The highest BCUT2D eigenvalue weighted by molar-refractivity contribution is 5.98. The molecule has 2 amide bonds. The molecule has 0 unspecified atom stereocenters. The van der Waals surface area contributed by atoms with Gasteiger partial charge in [0, 0.05) is 11.3 Å². The summed E-state index contributed by atoms with van der Waals surface area (Å²) in [5.74, 6) is -0.0252. The Bertz CT molecular complexity index is 744. The molecule has 2 N–H and O–H groups in total. The zero-order valence-electron chi connectivity index (χ0n) is 14.0. The van der Waals surface area contributed by atoms with Gasteiger partial charge in [-0.3, -0.25) is 14.4 Å². The topological polar surface area (TPSA) is 84.5 Å². The van der Waals surface area contributed by atoms with Gasteiger partial charge in [-0.2, -0.15) is 0 Å². The Kier molecular flexibility index (Phi) is 6.71. The number of Topliss-reactive ketones (excluding diaryl/α,β-unsaturated/α-hetero) is 1. The first-order valence-corrected chi connectivity index (χ1v) is 7.90. The number of hydrogen-bond donors (Lipinski definition) is 2. The van der Waals surface area contributed by atoms with Crippen LogP contribution >= 0.6 is 0 Å². The minimum Gasteiger partial charge on any atom is -0.493 e. The lowest BCUT2D eigenvalue weighted by Crippen LogP contribution is -2.33. The second kappa shape index (κ2) is 9.22. The van der Waals surface area contributed by atoms with Gasteiger partial charge in [0.1, 0.15) is 5.75 Å². The van der Waals surface area contributed by atoms with Crippen LogP contribution in [0, 0.1) is 0 Å². The van der Waals surface area contributed by atoms with Crippen LogP contribution in [0.3, 0.4) is 0 Å². The molecule has 0 aromatic heterocycles. The monoisotopic (exact) mass is 340 g/mol. The minimum absolute atomic E-state index is 0.0807. The summed E-state index contributed by atoms with van der Waals surface area (Å²) in [7, 11) is 0. The number of anilines is 1. The third-order valence-electron chi connectivity index (χ3n) is 3.34. The molecule has 0 fully saturated rings. The van der Waals surface area contributed by atoms with E-state index < -0.39 is 0 Å². The van der Waals surface area contributed by atoms with Gasteiger partial charge in [-0.1, -0.05) is 30.3 Å². The van der Waals surface area contributed by atoms with Crippen LogP contribution < -0.4 is 15.4 Å². The number of hydrogen-bond acceptors (Lipinski definition) is 4. The molecule has 0 aliphatic rings. The fourth-order valence-corrected chi connectivity index (χ4v) is 2.07. The van der Waals surface area contributed by atoms with Crippen molar-refractivity contribution in [3.63, 3.8) is 0 Å². The molecule has 0 aliphatic carbocycles. The summed E-state index contributed by atoms with van der Waals surface area (Å²) in [6.45, 7) is 1.55. The Morgan fingerprint density at radius 1 is 0.960 bits per heavy atom. The third-order valence-corrected chi connectivity index (χ3v) is 3.34. The summed E-state index contributed by atoms with van der Waals surface area (Å²) < 4.78 is 5.42. The van der Waals surface area contributed by atoms with Crippen molar-refractivity contribution in [3.8, 4) is 5.75 Å². The van der Waals surface area contributed by atoms with E-state index in [0.717, 1.165) is 0 Å². The van der Waals surface area contributed by atoms with Crippen molar-refractivity contribution < 1.29 is 19.1 Å². The van der Waals surface area contributed by atoms with Crippen LogP contribution in [0.2, 0.25) is 0 Å². The van der Waals surface area contributed by atoms with Crippen LogP contribution in [0.5, 0.6) is 5.75 Å². The van der Waals surface area contributed by atoms with Crippen LogP contribution in [0.15, 0.2) is 54.6 Å². The average Bonchev–Trinajstić information content (AvgIpc) is 2.61. The highest BCUT2D eigenvalue weighted by Gasteiger charge is 2.07. The summed E-state index contributed by atoms with van der Waals surface area (Å²) in [5.41, 5.74) is 1.03. The molecule has 0 spiro atoms. The van der Waals surface area contributed by atoms with E-state index in [0.29, 0.717) is 17.0 Å². The van der Waals surface area contributed by atoms with Gasteiger partial charge in [-0.15, -0.1) is 0 Å². The van der Waals surface area contributed by atoms with Crippen molar-refractivity contribution in [1.82, 2.24) is 5.32 Å². The molecule has 130 valence electrons. The number of benzene rings is 2. The molecule has 2 aromatic carbocycles. The second-order valence-corrected chi connectivity index (χ2v) is 5.37. The lowest BCUT2D eigenvalue weighted by atomic mass is 10.1. The molecular formula is C19H20N2O4. The van der Waals surface area contributed by atoms with Crippen LogP contribution in [0.1, 0.15) is 23.7 Å². The summed E-state index contributed by atoms with van der Waals surface area (Å²) in [4.78, 5) is 34.9. The van der Waals surface area contributed by atoms with Gasteiger partial charge in [-0.05, 0) is 31.2 Å². The Balaban J connectivity index is 1.69. The molecule has 0 atom stereocenters. The van der Waals surface area contributed by atoms with Crippen LogP contribution in [0.25, 0.3) is 0 Å². The largest absolute Gasteiger partial charge is 0.493 e. The first-order valence-electron chi connectivity index (χ1n) is 7.90. The standard InChI is InChI=1S/C19H20N2O4/c1-14(22)15-6-5-7-16(12-15)21-19(24)13-20-18(23)10-11-25-17-8-3-2-4-9-17/h2-9,12H,10-11,13H2,1H3,(H,20,23)(H,21,24). The number of nitrogens with one attached hydrogen (secondary N) is 2. The van der Waals surface area contributed by atoms with Crippen LogP contribution in [-0.2, 0) is 9.59 Å². The van der Waals surface area contributed by atoms with E-state index in [1.54, 1.807) is 36.4 Å². The van der Waals surface area contributed by atoms with E-state index in [2.05, 4.69) is 10.6 Å². The Hall–Kier alpha value is -3.15. The van der Waals surface area contributed by atoms with Gasteiger partial charge < -0.3 is 15.4 Å². The molecule has 2 rings (SSSR count). The number of carbonyl (C=O) groups is 3. The quantitative estimate of drug-likeness (QED) is 0.723. The second-order valence-electron chi connectivity index (χ2n) is 5.37. The summed E-state index contributed by atoms with van der Waals surface area (Å²) >= 11 is 0. The molecule has 0 saturated carbocycles. The van der Waals surface area contributed by atoms with E-state index >= 15 is 0 Å². The predicted molar refractivity (Wildman–Crippen MR) is 94.6 cm³/mol. The van der Waals surface area contributed by atoms with Gasteiger partial charge in [-0.25, -0.2) is 0 Å². The number of rotatable bonds is 8. The molecule has 25 heavy (non-hydrogen) atoms. The van der Waals surface area contributed by atoms with E-state index in [1.807, 2.05) is 18.2 Å². The lowest BCUT2D eigenvalue weighted by molar-refractivity contribution is -0.124. The molecule has 0 saturated heterocycles. The number of carbonyl (C=O) groups excluding carboxylic acids is 3. The SMILES string of the molecule is CC(=O)c1cccc(NC(=O)CNC(=O)CCOc2ccccc2)c1. The van der Waals surface area contributed by atoms with Crippen molar-refractivity contribution in [1.29, 1.82) is 0 Å². The summed E-state index contributed by atoms with van der Waals surface area (Å²) in [5, 5.41) is 5.17. The molecule has 6 heteroatoms. The van der Waals surface area contributed by atoms with Gasteiger partial charge in [0.05, 0.1) is 19.6 Å². The predicted octanol–water partition coefficient (Wildman–Crippen LogP) is 2.41. The zero-order chi connectivity index (χ0) is 18.1. The smallest absolute Gasteiger partial charge is 0.243 e. The first-order chi connectivity index (χ1) is 12.0. The fourth-order valence-electron chi connectivity index (χ4n) is 2.07. The van der Waals surface area contributed by atoms with E-state index in [9.17, 15) is 14.4 Å². The van der Waals surface area contributed by atoms with Crippen LogP contribution in [-0.4, -0.2) is 30.7 Å². The molecule has 0 aliphatic heterocycles. The number of ether oxygens (including phenoxy) is 1. The minimum atomic E-state index is -0.363. The van der Waals surface area contributed by atoms with Gasteiger partial charge in [0.25, 0.3) is 0 Å². The van der Waals surface area contributed by atoms with Crippen molar-refractivity contribution >= 4 is 23.3 Å². The molecule has 0 radical (unpaired) electrons. The van der Waals surface area contributed by atoms with E-state index in [1.165, 1.54) is 6.92 Å². The van der Waals surface area contributed by atoms with E-state index in [-0.39, 0.29) is 37.2 Å². The summed E-state index contributed by atoms with van der Waals surface area (Å²) in [6.07, 6.45) is 0.155. The number of para-hydroxylation sites is 1. The van der Waals surface area contributed by atoms with Crippen LogP contribution in [0.4, 0.5) is 5.69 Å². The van der Waals surface area contributed by atoms with Gasteiger partial charge >= 0.3 is 0 Å². The normalized spacial score (nSPS) is 9.96. The Morgan fingerprint density at radius 2 is 1.72 bits per heavy atom. The van der Waals surface area contributed by atoms with Gasteiger partial charge in [0.2, 0.25) is 11.8 Å². The van der Waals surface area contributed by atoms with Crippen molar-refractivity contribution in [3.05, 3.63) is 60.2 Å². The Morgan fingerprint density at radius 3 is 2.44 bits per heavy atom. The van der Waals surface area contributed by atoms with Crippen molar-refractivity contribution in [2.45, 2.75) is 13.3 Å². The highest BCUT2D eigenvalue weighted by atomic mass is 16.5. The number of amides is 2. The Labute approximate surface area is 146 Å². The molecule has 0 bridgehead atoms. The number of ketones is 1. The molecule has 0 heterocycles. The lowest BCUT2D eigenvalue weighted by Gasteiger charge is -2.08. The maximum absolute atomic E-state index is 11.9. The maximum Gasteiger partial charge on any atom is 0.243 e. The van der Waals surface area contributed by atoms with Gasteiger partial charge in [0.15, 0.2) is 5.78 Å². The van der Waals surface area contributed by atoms with Crippen molar-refractivity contribution in [2.75, 3.05) is 18.5 Å². The first kappa shape index (κ1) is 18.2. The molecular weight excluding hydrogens is 320 g/mol. The highest BCUT2D eigenvalue weighted by Crippen LogP contribution is 2.11. The zero-order valence-corrected chi connectivity index (χ0v) is 14.0. The fraction of sp³-hybridized carbons (Fsp3) is 0.211. The van der Waals surface area contributed by atoms with Crippen molar-refractivity contribution in [2.24, 2.45) is 0 Å². The average molecular weight is 340 g/mol. The molecule has 2 aromatic rings. The summed E-state index contributed by atoms with van der Waals surface area (Å²) in [6, 6.07) is 15.8. The molecule has 6 nitrogen and oxygen atoms in total. The maximum atomic E-state index is 11.9.